The van der Waals surface area contributed by atoms with Crippen molar-refractivity contribution in [2.75, 3.05) is 32.0 Å². The summed E-state index contributed by atoms with van der Waals surface area (Å²) in [6.45, 7) is 4.76. The van der Waals surface area contributed by atoms with Crippen molar-refractivity contribution in [2.24, 2.45) is 11.8 Å². The number of nitrogens with one attached hydrogen (secondary N) is 2. The zero-order valence-electron chi connectivity index (χ0n) is 18.6. The third kappa shape index (κ3) is 5.66. The highest BCUT2D eigenvalue weighted by Gasteiger charge is 2.38. The van der Waals surface area contributed by atoms with E-state index in [-0.39, 0.29) is 18.6 Å². The molecule has 4 rings (SSSR count). The molecule has 2 heterocycles. The first kappa shape index (κ1) is 22.3. The van der Waals surface area contributed by atoms with E-state index < -0.39 is 0 Å². The number of carbonyl (C=O) groups is 1. The summed E-state index contributed by atoms with van der Waals surface area (Å²) in [4.78, 5) is 22.2. The molecule has 32 heavy (non-hydrogen) atoms. The lowest BCUT2D eigenvalue weighted by Crippen LogP contribution is -2.39. The van der Waals surface area contributed by atoms with Crippen LogP contribution in [0.5, 0.6) is 0 Å². The third-order valence-corrected chi connectivity index (χ3v) is 6.54. The SMILES string of the molecule is C[C@@H](CO)N(CCc1ccc(N)nc1)CC1CC1CCNC(=O)c1cc2ccccc2[nH]1. The molecule has 1 fully saturated rings. The van der Waals surface area contributed by atoms with Gasteiger partial charge in [-0.3, -0.25) is 9.69 Å². The minimum Gasteiger partial charge on any atom is -0.395 e. The molecule has 7 nitrogen and oxygen atoms in total. The van der Waals surface area contributed by atoms with E-state index in [2.05, 4.69) is 27.1 Å². The minimum absolute atomic E-state index is 0.0500. The fourth-order valence-electron chi connectivity index (χ4n) is 4.31. The maximum absolute atomic E-state index is 12.5. The van der Waals surface area contributed by atoms with Gasteiger partial charge in [0, 0.05) is 42.8 Å². The van der Waals surface area contributed by atoms with Gasteiger partial charge in [0.2, 0.25) is 0 Å². The van der Waals surface area contributed by atoms with Crippen LogP contribution in [-0.4, -0.2) is 58.2 Å². The lowest BCUT2D eigenvalue weighted by atomic mass is 10.1. The summed E-state index contributed by atoms with van der Waals surface area (Å²) >= 11 is 0. The highest BCUT2D eigenvalue weighted by molar-refractivity contribution is 5.97. The van der Waals surface area contributed by atoms with Crippen molar-refractivity contribution in [3.63, 3.8) is 0 Å². The van der Waals surface area contributed by atoms with Crippen molar-refractivity contribution in [1.29, 1.82) is 0 Å². The second-order valence-corrected chi connectivity index (χ2v) is 8.94. The molecule has 1 aliphatic rings. The zero-order chi connectivity index (χ0) is 22.5. The van der Waals surface area contributed by atoms with Crippen molar-refractivity contribution in [3.05, 3.63) is 59.9 Å². The predicted molar refractivity (Wildman–Crippen MR) is 127 cm³/mol. The van der Waals surface area contributed by atoms with Crippen molar-refractivity contribution in [2.45, 2.75) is 32.2 Å². The monoisotopic (exact) mass is 435 g/mol. The number of nitrogen functional groups attached to an aromatic ring is 1. The van der Waals surface area contributed by atoms with E-state index in [1.54, 1.807) is 0 Å². The van der Waals surface area contributed by atoms with E-state index >= 15 is 0 Å². The number of hydrogen-bond donors (Lipinski definition) is 4. The Morgan fingerprint density at radius 1 is 1.31 bits per heavy atom. The van der Waals surface area contributed by atoms with Crippen LogP contribution >= 0.6 is 0 Å². The quantitative estimate of drug-likeness (QED) is 0.370. The van der Waals surface area contributed by atoms with E-state index in [0.29, 0.717) is 29.9 Å². The average Bonchev–Trinajstić information content (AvgIpc) is 3.39. The van der Waals surface area contributed by atoms with E-state index in [1.807, 2.05) is 48.7 Å². The van der Waals surface area contributed by atoms with Gasteiger partial charge < -0.3 is 21.1 Å². The molecule has 0 aliphatic heterocycles. The van der Waals surface area contributed by atoms with Crippen LogP contribution < -0.4 is 11.1 Å². The Hall–Kier alpha value is -2.90. The molecule has 1 saturated carbocycles. The van der Waals surface area contributed by atoms with Crippen LogP contribution in [0, 0.1) is 11.8 Å². The lowest BCUT2D eigenvalue weighted by Gasteiger charge is -2.28. The summed E-state index contributed by atoms with van der Waals surface area (Å²) in [5, 5.41) is 13.8. The molecular weight excluding hydrogens is 402 g/mol. The number of anilines is 1. The molecule has 0 radical (unpaired) electrons. The first-order chi connectivity index (χ1) is 15.5. The molecule has 5 N–H and O–H groups in total. The number of nitrogens with zero attached hydrogens (tertiary/aromatic N) is 2. The van der Waals surface area contributed by atoms with E-state index in [9.17, 15) is 9.90 Å². The number of carbonyl (C=O) groups excluding carboxylic acids is 1. The van der Waals surface area contributed by atoms with Crippen LogP contribution in [-0.2, 0) is 6.42 Å². The molecule has 170 valence electrons. The largest absolute Gasteiger partial charge is 0.395 e. The fourth-order valence-corrected chi connectivity index (χ4v) is 4.31. The summed E-state index contributed by atoms with van der Waals surface area (Å²) in [6.07, 6.45) is 4.88. The molecule has 1 amide bonds. The maximum atomic E-state index is 12.5. The molecular formula is C25H33N5O2. The van der Waals surface area contributed by atoms with Crippen LogP contribution in [0.25, 0.3) is 10.9 Å². The Morgan fingerprint density at radius 2 is 2.16 bits per heavy atom. The van der Waals surface area contributed by atoms with E-state index in [1.165, 1.54) is 6.42 Å². The average molecular weight is 436 g/mol. The van der Waals surface area contributed by atoms with E-state index in [0.717, 1.165) is 42.4 Å². The number of fused-ring (bicyclic) bond motifs is 1. The van der Waals surface area contributed by atoms with Crippen LogP contribution in [0.3, 0.4) is 0 Å². The number of aromatic amines is 1. The molecule has 0 bridgehead atoms. The maximum Gasteiger partial charge on any atom is 0.267 e. The number of aliphatic hydroxyl groups excluding tert-OH is 1. The first-order valence-corrected chi connectivity index (χ1v) is 11.4. The van der Waals surface area contributed by atoms with Crippen LogP contribution in [0.15, 0.2) is 48.7 Å². The number of rotatable bonds is 11. The number of benzene rings is 1. The molecule has 1 aromatic carbocycles. The standard InChI is InChI=1S/C25H33N5O2/c1-17(16-31)30(11-9-18-6-7-24(26)28-14-18)15-21-12-19(21)8-10-27-25(32)23-13-20-4-2-3-5-22(20)29-23/h2-7,13-14,17,19,21,29,31H,8-12,15-16H2,1H3,(H2,26,28)(H,27,32)/t17-,19?,21?/m0/s1. The third-order valence-electron chi connectivity index (χ3n) is 6.54. The molecule has 3 atom stereocenters. The molecule has 2 unspecified atom stereocenters. The Balaban J connectivity index is 1.21. The summed E-state index contributed by atoms with van der Waals surface area (Å²) in [7, 11) is 0. The van der Waals surface area contributed by atoms with Crippen molar-refractivity contribution in [3.8, 4) is 0 Å². The highest BCUT2D eigenvalue weighted by atomic mass is 16.3. The predicted octanol–water partition coefficient (Wildman–Crippen LogP) is 2.83. The number of H-pyrrole nitrogens is 1. The van der Waals surface area contributed by atoms with E-state index in [4.69, 9.17) is 5.73 Å². The van der Waals surface area contributed by atoms with Gasteiger partial charge >= 0.3 is 0 Å². The summed E-state index contributed by atoms with van der Waals surface area (Å²) in [5.74, 6) is 1.74. The number of nitrogens with two attached hydrogens (primary N) is 1. The lowest BCUT2D eigenvalue weighted by molar-refractivity contribution is 0.0948. The van der Waals surface area contributed by atoms with Gasteiger partial charge in [-0.25, -0.2) is 4.98 Å². The highest BCUT2D eigenvalue weighted by Crippen LogP contribution is 2.41. The van der Waals surface area contributed by atoms with Gasteiger partial charge in [-0.15, -0.1) is 0 Å². The van der Waals surface area contributed by atoms with Gasteiger partial charge in [0.25, 0.3) is 5.91 Å². The number of para-hydroxylation sites is 1. The zero-order valence-corrected chi connectivity index (χ0v) is 18.6. The van der Waals surface area contributed by atoms with Crippen molar-refractivity contribution >= 4 is 22.6 Å². The Morgan fingerprint density at radius 3 is 2.91 bits per heavy atom. The van der Waals surface area contributed by atoms with Gasteiger partial charge in [-0.2, -0.15) is 0 Å². The Kier molecular flexibility index (Phi) is 7.07. The summed E-state index contributed by atoms with van der Waals surface area (Å²) < 4.78 is 0. The van der Waals surface area contributed by atoms with Crippen LogP contribution in [0.2, 0.25) is 0 Å². The second kappa shape index (κ2) is 10.1. The Bertz CT molecular complexity index is 999. The topological polar surface area (TPSA) is 107 Å². The van der Waals surface area contributed by atoms with Gasteiger partial charge in [0.1, 0.15) is 11.5 Å². The molecule has 0 saturated heterocycles. The molecule has 7 heteroatoms. The number of aromatic nitrogens is 2. The first-order valence-electron chi connectivity index (χ1n) is 11.4. The number of pyridine rings is 1. The number of aliphatic hydroxyl groups is 1. The van der Waals surface area contributed by atoms with Crippen molar-refractivity contribution in [1.82, 2.24) is 20.2 Å². The fraction of sp³-hybridized carbons (Fsp3) is 0.440. The summed E-state index contributed by atoms with van der Waals surface area (Å²) in [6, 6.07) is 13.8. The molecule has 3 aromatic rings. The van der Waals surface area contributed by atoms with Crippen LogP contribution in [0.1, 0.15) is 35.8 Å². The van der Waals surface area contributed by atoms with Crippen LogP contribution in [0.4, 0.5) is 5.82 Å². The Labute approximate surface area is 189 Å². The smallest absolute Gasteiger partial charge is 0.267 e. The van der Waals surface area contributed by atoms with Gasteiger partial charge in [0.15, 0.2) is 0 Å². The van der Waals surface area contributed by atoms with Gasteiger partial charge in [-0.1, -0.05) is 24.3 Å². The normalized spacial score (nSPS) is 18.7. The molecule has 0 spiro atoms. The molecule has 1 aliphatic carbocycles. The minimum atomic E-state index is -0.0500. The van der Waals surface area contributed by atoms with Gasteiger partial charge in [0.05, 0.1) is 6.61 Å². The summed E-state index contributed by atoms with van der Waals surface area (Å²) in [5.41, 5.74) is 8.41. The van der Waals surface area contributed by atoms with Gasteiger partial charge in [-0.05, 0) is 61.8 Å². The second-order valence-electron chi connectivity index (χ2n) is 8.94. The number of hydrogen-bond acceptors (Lipinski definition) is 5. The van der Waals surface area contributed by atoms with Crippen molar-refractivity contribution < 1.29 is 9.90 Å². The number of amides is 1. The molecule has 2 aromatic heterocycles.